The van der Waals surface area contributed by atoms with Gasteiger partial charge in [0.2, 0.25) is 0 Å². The van der Waals surface area contributed by atoms with Gasteiger partial charge in [0.05, 0.1) is 12.4 Å². The Morgan fingerprint density at radius 2 is 1.82 bits per heavy atom. The van der Waals surface area contributed by atoms with Crippen LogP contribution in [-0.2, 0) is 0 Å². The zero-order valence-corrected chi connectivity index (χ0v) is 11.5. The average Bonchev–Trinajstić information content (AvgIpc) is 2.39. The Balaban J connectivity index is 2.13. The third-order valence-corrected chi connectivity index (χ3v) is 3.45. The van der Waals surface area contributed by atoms with Gasteiger partial charge in [0, 0.05) is 6.54 Å². The summed E-state index contributed by atoms with van der Waals surface area (Å²) in [6.45, 7) is -1.34. The van der Waals surface area contributed by atoms with E-state index in [4.69, 9.17) is 5.11 Å². The monoisotopic (exact) mass is 317 g/mol. The second-order valence-electron chi connectivity index (χ2n) is 5.19. The van der Waals surface area contributed by atoms with E-state index in [0.29, 0.717) is 4.90 Å². The maximum Gasteiger partial charge on any atom is 0.406 e. The van der Waals surface area contributed by atoms with Gasteiger partial charge < -0.3 is 10.0 Å². The summed E-state index contributed by atoms with van der Waals surface area (Å²) in [5.41, 5.74) is -0.675. The van der Waals surface area contributed by atoms with Crippen LogP contribution in [-0.4, -0.2) is 51.1 Å². The van der Waals surface area contributed by atoms with Gasteiger partial charge in [0.15, 0.2) is 5.69 Å². The molecule has 0 saturated heterocycles. The SMILES string of the molecule is O=C(O)c1cnc(C(=O)N(CC2CCC2)CC(F)(F)F)cn1. The Morgan fingerprint density at radius 1 is 1.23 bits per heavy atom. The number of hydrogen-bond acceptors (Lipinski definition) is 4. The smallest absolute Gasteiger partial charge is 0.406 e. The first-order chi connectivity index (χ1) is 10.3. The number of carbonyl (C=O) groups is 2. The first-order valence-corrected chi connectivity index (χ1v) is 6.67. The van der Waals surface area contributed by atoms with Crippen molar-refractivity contribution in [2.75, 3.05) is 13.1 Å². The zero-order chi connectivity index (χ0) is 16.3. The number of carbonyl (C=O) groups excluding carboxylic acids is 1. The molecular weight excluding hydrogens is 303 g/mol. The van der Waals surface area contributed by atoms with E-state index in [-0.39, 0.29) is 23.9 Å². The van der Waals surface area contributed by atoms with Crippen LogP contribution in [0, 0.1) is 5.92 Å². The highest BCUT2D eigenvalue weighted by molar-refractivity contribution is 5.92. The second-order valence-corrected chi connectivity index (χ2v) is 5.19. The Morgan fingerprint density at radius 3 is 2.23 bits per heavy atom. The highest BCUT2D eigenvalue weighted by Gasteiger charge is 2.35. The van der Waals surface area contributed by atoms with Crippen LogP contribution in [0.3, 0.4) is 0 Å². The van der Waals surface area contributed by atoms with E-state index in [1.807, 2.05) is 0 Å². The van der Waals surface area contributed by atoms with Crippen molar-refractivity contribution >= 4 is 11.9 Å². The van der Waals surface area contributed by atoms with Crippen LogP contribution in [0.2, 0.25) is 0 Å². The molecule has 0 aromatic carbocycles. The van der Waals surface area contributed by atoms with Crippen molar-refractivity contribution in [2.24, 2.45) is 5.92 Å². The van der Waals surface area contributed by atoms with E-state index in [1.165, 1.54) is 0 Å². The maximum absolute atomic E-state index is 12.6. The Kier molecular flexibility index (Phi) is 4.62. The minimum absolute atomic E-state index is 0.0146. The highest BCUT2D eigenvalue weighted by atomic mass is 19.4. The molecule has 6 nitrogen and oxygen atoms in total. The molecular formula is C13H14F3N3O3. The van der Waals surface area contributed by atoms with E-state index >= 15 is 0 Å². The molecule has 2 rings (SSSR count). The van der Waals surface area contributed by atoms with Gasteiger partial charge >= 0.3 is 12.1 Å². The fourth-order valence-corrected chi connectivity index (χ4v) is 2.13. The summed E-state index contributed by atoms with van der Waals surface area (Å²) in [6, 6.07) is 0. The van der Waals surface area contributed by atoms with Gasteiger partial charge in [-0.2, -0.15) is 13.2 Å². The van der Waals surface area contributed by atoms with Crippen molar-refractivity contribution in [3.05, 3.63) is 23.8 Å². The van der Waals surface area contributed by atoms with Gasteiger partial charge in [-0.3, -0.25) is 4.79 Å². The first-order valence-electron chi connectivity index (χ1n) is 6.67. The molecule has 1 fully saturated rings. The molecule has 0 unspecified atom stereocenters. The third kappa shape index (κ3) is 4.15. The van der Waals surface area contributed by atoms with Crippen molar-refractivity contribution in [3.63, 3.8) is 0 Å². The van der Waals surface area contributed by atoms with Crippen LogP contribution in [0.25, 0.3) is 0 Å². The zero-order valence-electron chi connectivity index (χ0n) is 11.5. The van der Waals surface area contributed by atoms with Crippen LogP contribution in [0.1, 0.15) is 40.2 Å². The minimum atomic E-state index is -4.51. The Labute approximate surface area is 124 Å². The van der Waals surface area contributed by atoms with E-state index in [0.717, 1.165) is 31.7 Å². The predicted octanol–water partition coefficient (Wildman–Crippen LogP) is 1.98. The molecule has 0 atom stereocenters. The maximum atomic E-state index is 12.6. The minimum Gasteiger partial charge on any atom is -0.476 e. The molecule has 1 amide bonds. The molecule has 0 spiro atoms. The van der Waals surface area contributed by atoms with E-state index < -0.39 is 24.6 Å². The van der Waals surface area contributed by atoms with Gasteiger partial charge in [0.1, 0.15) is 12.2 Å². The number of nitrogens with zero attached hydrogens (tertiary/aromatic N) is 3. The summed E-state index contributed by atoms with van der Waals surface area (Å²) >= 11 is 0. The lowest BCUT2D eigenvalue weighted by molar-refractivity contribution is -0.142. The number of alkyl halides is 3. The van der Waals surface area contributed by atoms with Crippen molar-refractivity contribution in [3.8, 4) is 0 Å². The van der Waals surface area contributed by atoms with Gasteiger partial charge in [-0.15, -0.1) is 0 Å². The largest absolute Gasteiger partial charge is 0.476 e. The molecule has 1 N–H and O–H groups in total. The molecule has 1 heterocycles. The lowest BCUT2D eigenvalue weighted by atomic mass is 9.85. The molecule has 1 aliphatic carbocycles. The number of aromatic carboxylic acids is 1. The number of amides is 1. The predicted molar refractivity (Wildman–Crippen MR) is 68.3 cm³/mol. The topological polar surface area (TPSA) is 83.4 Å². The van der Waals surface area contributed by atoms with E-state index in [9.17, 15) is 22.8 Å². The summed E-state index contributed by atoms with van der Waals surface area (Å²) in [5, 5.41) is 8.69. The quantitative estimate of drug-likeness (QED) is 0.898. The fourth-order valence-electron chi connectivity index (χ4n) is 2.13. The molecule has 0 aliphatic heterocycles. The summed E-state index contributed by atoms with van der Waals surface area (Å²) in [5.74, 6) is -2.15. The fraction of sp³-hybridized carbons (Fsp3) is 0.538. The standard InChI is InChI=1S/C13H14F3N3O3/c14-13(15,16)7-19(6-8-2-1-3-8)11(20)9-4-18-10(5-17-9)12(21)22/h4-5,8H,1-3,6-7H2,(H,21,22). The summed E-state index contributed by atoms with van der Waals surface area (Å²) in [7, 11) is 0. The normalized spacial score (nSPS) is 15.2. The van der Waals surface area contributed by atoms with Crippen molar-refractivity contribution in [1.82, 2.24) is 14.9 Å². The number of aromatic nitrogens is 2. The molecule has 9 heteroatoms. The molecule has 120 valence electrons. The van der Waals surface area contributed by atoms with Crippen molar-refractivity contribution < 1.29 is 27.9 Å². The van der Waals surface area contributed by atoms with Gasteiger partial charge in [-0.25, -0.2) is 14.8 Å². The first kappa shape index (κ1) is 16.2. The number of rotatable bonds is 5. The molecule has 0 radical (unpaired) electrons. The van der Waals surface area contributed by atoms with Crippen molar-refractivity contribution in [1.29, 1.82) is 0 Å². The highest BCUT2D eigenvalue weighted by Crippen LogP contribution is 2.28. The van der Waals surface area contributed by atoms with Gasteiger partial charge in [-0.05, 0) is 18.8 Å². The Bertz CT molecular complexity index is 556. The molecule has 1 saturated carbocycles. The average molecular weight is 317 g/mol. The lowest BCUT2D eigenvalue weighted by Crippen LogP contribution is -2.43. The lowest BCUT2D eigenvalue weighted by Gasteiger charge is -2.32. The molecule has 1 aliphatic rings. The van der Waals surface area contributed by atoms with E-state index in [2.05, 4.69) is 9.97 Å². The summed E-state index contributed by atoms with van der Waals surface area (Å²) in [4.78, 5) is 30.6. The van der Waals surface area contributed by atoms with Crippen LogP contribution in [0.4, 0.5) is 13.2 Å². The van der Waals surface area contributed by atoms with Crippen LogP contribution in [0.5, 0.6) is 0 Å². The van der Waals surface area contributed by atoms with Crippen LogP contribution in [0.15, 0.2) is 12.4 Å². The number of carboxylic acid groups (broad SMARTS) is 1. The van der Waals surface area contributed by atoms with Crippen LogP contribution < -0.4 is 0 Å². The van der Waals surface area contributed by atoms with Gasteiger partial charge in [0.25, 0.3) is 5.91 Å². The molecule has 0 bridgehead atoms. The molecule has 1 aromatic heterocycles. The number of halogens is 3. The number of hydrogen-bond donors (Lipinski definition) is 1. The van der Waals surface area contributed by atoms with Crippen LogP contribution >= 0.6 is 0 Å². The molecule has 1 aromatic rings. The second kappa shape index (κ2) is 6.29. The summed E-state index contributed by atoms with van der Waals surface area (Å²) in [6.07, 6.45) is -0.225. The van der Waals surface area contributed by atoms with Gasteiger partial charge in [-0.1, -0.05) is 6.42 Å². The van der Waals surface area contributed by atoms with Crippen molar-refractivity contribution in [2.45, 2.75) is 25.4 Å². The summed E-state index contributed by atoms with van der Waals surface area (Å²) < 4.78 is 37.8. The number of carboxylic acids is 1. The molecule has 22 heavy (non-hydrogen) atoms. The third-order valence-electron chi connectivity index (χ3n) is 3.45. The van der Waals surface area contributed by atoms with E-state index in [1.54, 1.807) is 0 Å². The Hall–Kier alpha value is -2.19.